The third-order valence-electron chi connectivity index (χ3n) is 2.96. The maximum absolute atomic E-state index is 12.1. The Morgan fingerprint density at radius 1 is 1.35 bits per heavy atom. The summed E-state index contributed by atoms with van der Waals surface area (Å²) in [6.07, 6.45) is 3.38. The first kappa shape index (κ1) is 17.0. The highest BCUT2D eigenvalue weighted by atomic mass is 32.2. The van der Waals surface area contributed by atoms with Crippen LogP contribution in [0.1, 0.15) is 18.2 Å². The van der Waals surface area contributed by atoms with Crippen LogP contribution in [0.5, 0.6) is 11.5 Å². The summed E-state index contributed by atoms with van der Waals surface area (Å²) >= 11 is 1.30. The molecule has 1 aromatic heterocycles. The van der Waals surface area contributed by atoms with E-state index in [9.17, 15) is 4.79 Å². The zero-order valence-corrected chi connectivity index (χ0v) is 14.3. The van der Waals surface area contributed by atoms with Gasteiger partial charge in [0.05, 0.1) is 19.9 Å². The summed E-state index contributed by atoms with van der Waals surface area (Å²) in [6, 6.07) is 5.42. The molecule has 0 saturated heterocycles. The van der Waals surface area contributed by atoms with Crippen LogP contribution in [-0.2, 0) is 0 Å². The average molecular weight is 334 g/mol. The molecule has 0 atom stereocenters. The van der Waals surface area contributed by atoms with Crippen LogP contribution in [0.2, 0.25) is 0 Å². The molecule has 0 aliphatic heterocycles. The second-order valence-corrected chi connectivity index (χ2v) is 5.25. The van der Waals surface area contributed by atoms with Crippen molar-refractivity contribution in [2.24, 2.45) is 5.10 Å². The Morgan fingerprint density at radius 2 is 2.13 bits per heavy atom. The van der Waals surface area contributed by atoms with E-state index in [1.807, 2.05) is 19.2 Å². The molecule has 0 bridgehead atoms. The van der Waals surface area contributed by atoms with E-state index in [1.54, 1.807) is 32.4 Å². The van der Waals surface area contributed by atoms with Gasteiger partial charge in [-0.15, -0.1) is 10.2 Å². The van der Waals surface area contributed by atoms with Gasteiger partial charge < -0.3 is 9.47 Å². The molecule has 0 radical (unpaired) electrons. The number of hydrogen-bond donors (Lipinski definition) is 0. The van der Waals surface area contributed by atoms with Crippen molar-refractivity contribution >= 4 is 18.0 Å². The Hall–Kier alpha value is -2.35. The SMILES string of the molecule is CCOc1cc(/C=N\n2c(SC)nnc(C)c2=O)ccc1OC. The van der Waals surface area contributed by atoms with E-state index in [1.165, 1.54) is 16.4 Å². The predicted octanol–water partition coefficient (Wildman–Crippen LogP) is 1.96. The van der Waals surface area contributed by atoms with Crippen molar-refractivity contribution in [3.8, 4) is 11.5 Å². The van der Waals surface area contributed by atoms with Gasteiger partial charge in [-0.05, 0) is 43.9 Å². The van der Waals surface area contributed by atoms with Gasteiger partial charge in [0.15, 0.2) is 11.5 Å². The molecule has 0 spiro atoms. The van der Waals surface area contributed by atoms with Crippen LogP contribution in [0.15, 0.2) is 33.3 Å². The number of aryl methyl sites for hydroxylation is 1. The number of thioether (sulfide) groups is 1. The second-order valence-electron chi connectivity index (χ2n) is 4.48. The molecule has 0 saturated carbocycles. The second kappa shape index (κ2) is 7.77. The summed E-state index contributed by atoms with van der Waals surface area (Å²) in [5.74, 6) is 1.27. The van der Waals surface area contributed by atoms with Gasteiger partial charge in [0.1, 0.15) is 5.69 Å². The zero-order valence-electron chi connectivity index (χ0n) is 13.4. The number of nitrogens with zero attached hydrogens (tertiary/aromatic N) is 4. The fourth-order valence-electron chi connectivity index (χ4n) is 1.84. The molecule has 0 fully saturated rings. The van der Waals surface area contributed by atoms with E-state index < -0.39 is 0 Å². The lowest BCUT2D eigenvalue weighted by molar-refractivity contribution is 0.311. The molecule has 23 heavy (non-hydrogen) atoms. The molecule has 1 aromatic carbocycles. The lowest BCUT2D eigenvalue weighted by Gasteiger charge is -2.09. The highest BCUT2D eigenvalue weighted by Gasteiger charge is 2.08. The van der Waals surface area contributed by atoms with Crippen molar-refractivity contribution in [2.75, 3.05) is 20.0 Å². The lowest BCUT2D eigenvalue weighted by atomic mass is 10.2. The van der Waals surface area contributed by atoms with Crippen LogP contribution < -0.4 is 15.0 Å². The molecule has 2 rings (SSSR count). The van der Waals surface area contributed by atoms with Crippen molar-refractivity contribution in [1.82, 2.24) is 14.9 Å². The molecule has 7 nitrogen and oxygen atoms in total. The molecule has 0 aliphatic carbocycles. The smallest absolute Gasteiger partial charge is 0.296 e. The molecule has 122 valence electrons. The van der Waals surface area contributed by atoms with Gasteiger partial charge in [0, 0.05) is 0 Å². The number of ether oxygens (including phenoxy) is 2. The Kier molecular flexibility index (Phi) is 5.75. The van der Waals surface area contributed by atoms with Gasteiger partial charge in [-0.3, -0.25) is 4.79 Å². The minimum Gasteiger partial charge on any atom is -0.493 e. The van der Waals surface area contributed by atoms with E-state index in [4.69, 9.17) is 9.47 Å². The number of hydrogen-bond acceptors (Lipinski definition) is 7. The van der Waals surface area contributed by atoms with Crippen LogP contribution in [0.3, 0.4) is 0 Å². The molecule has 0 aliphatic rings. The fourth-order valence-corrected chi connectivity index (χ4v) is 2.26. The number of rotatable bonds is 6. The molecular formula is C15H18N4O3S. The van der Waals surface area contributed by atoms with Crippen molar-refractivity contribution in [1.29, 1.82) is 0 Å². The van der Waals surface area contributed by atoms with Gasteiger partial charge >= 0.3 is 0 Å². The zero-order chi connectivity index (χ0) is 16.8. The van der Waals surface area contributed by atoms with E-state index in [2.05, 4.69) is 15.3 Å². The highest BCUT2D eigenvalue weighted by Crippen LogP contribution is 2.27. The van der Waals surface area contributed by atoms with Gasteiger partial charge in [0.2, 0.25) is 5.16 Å². The summed E-state index contributed by atoms with van der Waals surface area (Å²) in [6.45, 7) is 4.03. The largest absolute Gasteiger partial charge is 0.493 e. The Bertz CT molecular complexity index is 774. The molecule has 0 N–H and O–H groups in total. The third kappa shape index (κ3) is 3.89. The van der Waals surface area contributed by atoms with Gasteiger partial charge in [0.25, 0.3) is 5.56 Å². The van der Waals surface area contributed by atoms with E-state index >= 15 is 0 Å². The molecular weight excluding hydrogens is 316 g/mol. The van der Waals surface area contributed by atoms with Crippen LogP contribution in [0.25, 0.3) is 0 Å². The number of benzene rings is 1. The molecule has 0 amide bonds. The maximum Gasteiger partial charge on any atom is 0.296 e. The number of methoxy groups -OCH3 is 1. The minimum atomic E-state index is -0.292. The fraction of sp³-hybridized carbons (Fsp3) is 0.333. The molecule has 8 heteroatoms. The van der Waals surface area contributed by atoms with E-state index in [0.717, 1.165) is 5.56 Å². The van der Waals surface area contributed by atoms with Crippen LogP contribution in [0.4, 0.5) is 0 Å². The summed E-state index contributed by atoms with van der Waals surface area (Å²) in [7, 11) is 1.58. The Morgan fingerprint density at radius 3 is 2.78 bits per heavy atom. The van der Waals surface area contributed by atoms with E-state index in [-0.39, 0.29) is 5.56 Å². The quantitative estimate of drug-likeness (QED) is 0.593. The highest BCUT2D eigenvalue weighted by molar-refractivity contribution is 7.98. The Labute approximate surface area is 138 Å². The summed E-state index contributed by atoms with van der Waals surface area (Å²) in [5, 5.41) is 12.4. The van der Waals surface area contributed by atoms with Crippen molar-refractivity contribution in [2.45, 2.75) is 19.0 Å². The van der Waals surface area contributed by atoms with Crippen molar-refractivity contribution in [3.05, 3.63) is 39.8 Å². The Balaban J connectivity index is 2.39. The average Bonchev–Trinajstić information content (AvgIpc) is 2.56. The lowest BCUT2D eigenvalue weighted by Crippen LogP contribution is -2.23. The van der Waals surface area contributed by atoms with Crippen LogP contribution >= 0.6 is 11.8 Å². The first-order chi connectivity index (χ1) is 11.1. The van der Waals surface area contributed by atoms with Gasteiger partial charge in [-0.25, -0.2) is 0 Å². The first-order valence-electron chi connectivity index (χ1n) is 6.96. The third-order valence-corrected chi connectivity index (χ3v) is 3.58. The first-order valence-corrected chi connectivity index (χ1v) is 8.18. The standard InChI is InChI=1S/C15H18N4O3S/c1-5-22-13-8-11(6-7-12(13)21-3)9-16-19-14(20)10(2)17-18-15(19)23-4/h6-9H,5H2,1-4H3/b16-9-. The van der Waals surface area contributed by atoms with Crippen molar-refractivity contribution < 1.29 is 9.47 Å². The van der Waals surface area contributed by atoms with Gasteiger partial charge in [-0.1, -0.05) is 11.8 Å². The molecule has 0 unspecified atom stereocenters. The monoisotopic (exact) mass is 334 g/mol. The van der Waals surface area contributed by atoms with Crippen LogP contribution in [0, 0.1) is 6.92 Å². The number of aromatic nitrogens is 3. The summed E-state index contributed by atoms with van der Waals surface area (Å²) in [5.41, 5.74) is 0.784. The summed E-state index contributed by atoms with van der Waals surface area (Å²) in [4.78, 5) is 12.1. The molecule has 1 heterocycles. The van der Waals surface area contributed by atoms with E-state index in [0.29, 0.717) is 29.0 Å². The van der Waals surface area contributed by atoms with Gasteiger partial charge in [-0.2, -0.15) is 9.78 Å². The normalized spacial score (nSPS) is 11.0. The topological polar surface area (TPSA) is 78.6 Å². The summed E-state index contributed by atoms with van der Waals surface area (Å²) < 4.78 is 12.0. The van der Waals surface area contributed by atoms with Crippen LogP contribution in [-0.4, -0.2) is 41.1 Å². The maximum atomic E-state index is 12.1. The van der Waals surface area contributed by atoms with Crippen molar-refractivity contribution in [3.63, 3.8) is 0 Å². The molecule has 2 aromatic rings. The predicted molar refractivity (Wildman–Crippen MR) is 90.0 cm³/mol. The minimum absolute atomic E-state index is 0.292.